The molecule has 0 radical (unpaired) electrons. The van der Waals surface area contributed by atoms with Crippen LogP contribution in [0.3, 0.4) is 0 Å². The van der Waals surface area contributed by atoms with Gasteiger partial charge in [0, 0.05) is 4.88 Å². The van der Waals surface area contributed by atoms with Gasteiger partial charge in [0.25, 0.3) is 0 Å². The third kappa shape index (κ3) is 3.30. The van der Waals surface area contributed by atoms with Gasteiger partial charge in [0.1, 0.15) is 5.82 Å². The van der Waals surface area contributed by atoms with E-state index in [0.29, 0.717) is 9.90 Å². The van der Waals surface area contributed by atoms with Gasteiger partial charge in [-0.15, -0.1) is 11.3 Å². The van der Waals surface area contributed by atoms with Crippen molar-refractivity contribution in [2.45, 2.75) is 11.0 Å². The van der Waals surface area contributed by atoms with Crippen LogP contribution in [0.5, 0.6) is 0 Å². The van der Waals surface area contributed by atoms with Crippen LogP contribution in [-0.4, -0.2) is 0 Å². The molecule has 19 heavy (non-hydrogen) atoms. The van der Waals surface area contributed by atoms with Gasteiger partial charge in [-0.1, -0.05) is 33.6 Å². The molecule has 0 amide bonds. The smallest absolute Gasteiger partial charge is 0.206 e. The van der Waals surface area contributed by atoms with E-state index < -0.39 is 22.4 Å². The topological polar surface area (TPSA) is 0 Å². The molecule has 0 saturated carbocycles. The lowest BCUT2D eigenvalue weighted by molar-refractivity contribution is -0.140. The molecule has 7 heteroatoms. The summed E-state index contributed by atoms with van der Waals surface area (Å²) in [5, 5.41) is 0. The molecule has 0 aliphatic carbocycles. The second-order valence-corrected chi connectivity index (χ2v) is 6.40. The molecule has 0 aliphatic rings. The number of benzene rings is 1. The van der Waals surface area contributed by atoms with Gasteiger partial charge in [0.15, 0.2) is 0 Å². The molecule has 0 saturated heterocycles. The molecule has 0 aliphatic heterocycles. The van der Waals surface area contributed by atoms with Crippen molar-refractivity contribution < 1.29 is 17.6 Å². The summed E-state index contributed by atoms with van der Waals surface area (Å²) >= 11 is 10.3. The zero-order chi connectivity index (χ0) is 14.2. The van der Waals surface area contributed by atoms with E-state index in [1.165, 1.54) is 17.4 Å². The van der Waals surface area contributed by atoms with Crippen molar-refractivity contribution in [3.63, 3.8) is 0 Å². The van der Waals surface area contributed by atoms with E-state index >= 15 is 0 Å². The third-order valence-electron chi connectivity index (χ3n) is 2.43. The summed E-state index contributed by atoms with van der Waals surface area (Å²) in [5.74, 6) is -1.28. The van der Waals surface area contributed by atoms with Gasteiger partial charge in [0.05, 0.1) is 14.7 Å². The Morgan fingerprint density at radius 2 is 1.84 bits per heavy atom. The van der Waals surface area contributed by atoms with E-state index in [-0.39, 0.29) is 0 Å². The van der Waals surface area contributed by atoms with Gasteiger partial charge in [-0.05, 0) is 29.8 Å². The van der Waals surface area contributed by atoms with E-state index in [4.69, 9.17) is 11.6 Å². The summed E-state index contributed by atoms with van der Waals surface area (Å²) in [6.07, 6.45) is -4.71. The van der Waals surface area contributed by atoms with Crippen LogP contribution >= 0.6 is 38.9 Å². The van der Waals surface area contributed by atoms with Gasteiger partial charge in [-0.2, -0.15) is 13.2 Å². The number of rotatable bonds is 2. The Morgan fingerprint density at radius 3 is 2.37 bits per heavy atom. The first kappa shape index (κ1) is 14.8. The van der Waals surface area contributed by atoms with Crippen LogP contribution in [0.15, 0.2) is 30.3 Å². The molecule has 0 spiro atoms. The highest BCUT2D eigenvalue weighted by Crippen LogP contribution is 2.39. The van der Waals surface area contributed by atoms with Gasteiger partial charge >= 0.3 is 6.18 Å². The van der Waals surface area contributed by atoms with Crippen molar-refractivity contribution in [1.29, 1.82) is 0 Å². The van der Waals surface area contributed by atoms with Crippen molar-refractivity contribution >= 4 is 38.9 Å². The molecule has 1 aromatic heterocycles. The zero-order valence-electron chi connectivity index (χ0n) is 9.14. The van der Waals surface area contributed by atoms with E-state index in [1.807, 2.05) is 0 Å². The number of hydrogen-bond acceptors (Lipinski definition) is 1. The molecule has 1 atom stereocenters. The standard InChI is InChI=1S/C12H6BrClF4S/c13-11(9-3-4-10(14)19-9)6-1-2-8(15)7(5-6)12(16,17)18/h1-5,11H. The van der Waals surface area contributed by atoms with Gasteiger partial charge in [0.2, 0.25) is 0 Å². The third-order valence-corrected chi connectivity index (χ3v) is 5.05. The normalized spacial score (nSPS) is 13.6. The lowest BCUT2D eigenvalue weighted by Crippen LogP contribution is -2.09. The molecule has 1 heterocycles. The summed E-state index contributed by atoms with van der Waals surface area (Å²) in [6.45, 7) is 0. The van der Waals surface area contributed by atoms with E-state index in [9.17, 15) is 17.6 Å². The van der Waals surface area contributed by atoms with Crippen molar-refractivity contribution in [2.24, 2.45) is 0 Å². The largest absolute Gasteiger partial charge is 0.419 e. The van der Waals surface area contributed by atoms with Crippen LogP contribution in [0.25, 0.3) is 0 Å². The Bertz CT molecular complexity index is 594. The summed E-state index contributed by atoms with van der Waals surface area (Å²) < 4.78 is 51.6. The molecule has 0 fully saturated rings. The predicted molar refractivity (Wildman–Crippen MR) is 71.5 cm³/mol. The maximum absolute atomic E-state index is 13.2. The lowest BCUT2D eigenvalue weighted by atomic mass is 10.1. The second-order valence-electron chi connectivity index (χ2n) is 3.74. The predicted octanol–water partition coefficient (Wildman–Crippen LogP) is 6.04. The first-order valence-electron chi connectivity index (χ1n) is 5.05. The highest BCUT2D eigenvalue weighted by atomic mass is 79.9. The summed E-state index contributed by atoms with van der Waals surface area (Å²) in [5.41, 5.74) is -0.940. The van der Waals surface area contributed by atoms with Crippen LogP contribution in [0.2, 0.25) is 4.34 Å². The fourth-order valence-corrected chi connectivity index (χ4v) is 3.33. The maximum atomic E-state index is 13.2. The molecule has 1 aromatic carbocycles. The Balaban J connectivity index is 2.41. The average molecular weight is 374 g/mol. The van der Waals surface area contributed by atoms with Crippen LogP contribution < -0.4 is 0 Å². The highest BCUT2D eigenvalue weighted by Gasteiger charge is 2.34. The first-order chi connectivity index (χ1) is 8.79. The molecule has 0 nitrogen and oxygen atoms in total. The van der Waals surface area contributed by atoms with Gasteiger partial charge in [-0.3, -0.25) is 0 Å². The number of halogens is 6. The molecule has 2 aromatic rings. The lowest BCUT2D eigenvalue weighted by Gasteiger charge is -2.13. The van der Waals surface area contributed by atoms with Crippen molar-refractivity contribution in [2.75, 3.05) is 0 Å². The minimum Gasteiger partial charge on any atom is -0.206 e. The average Bonchev–Trinajstić information content (AvgIpc) is 2.74. The zero-order valence-corrected chi connectivity index (χ0v) is 12.3. The molecule has 0 N–H and O–H groups in total. The fraction of sp³-hybridized carbons (Fsp3) is 0.167. The van der Waals surface area contributed by atoms with Gasteiger partial charge in [-0.25, -0.2) is 4.39 Å². The Morgan fingerprint density at radius 1 is 1.16 bits per heavy atom. The van der Waals surface area contributed by atoms with Crippen LogP contribution in [-0.2, 0) is 6.18 Å². The Kier molecular flexibility index (Phi) is 4.23. The van der Waals surface area contributed by atoms with Crippen molar-refractivity contribution in [3.05, 3.63) is 56.5 Å². The highest BCUT2D eigenvalue weighted by molar-refractivity contribution is 9.09. The molecule has 1 unspecified atom stereocenters. The monoisotopic (exact) mass is 372 g/mol. The summed E-state index contributed by atoms with van der Waals surface area (Å²) in [4.78, 5) is 0.302. The second kappa shape index (κ2) is 5.42. The molecular weight excluding hydrogens is 368 g/mol. The molecule has 0 bridgehead atoms. The quantitative estimate of drug-likeness (QED) is 0.444. The molecule has 2 rings (SSSR count). The van der Waals surface area contributed by atoms with Crippen LogP contribution in [0.1, 0.15) is 20.8 Å². The Labute approximate surface area is 124 Å². The van der Waals surface area contributed by atoms with Crippen molar-refractivity contribution in [3.8, 4) is 0 Å². The summed E-state index contributed by atoms with van der Waals surface area (Å²) in [7, 11) is 0. The van der Waals surface area contributed by atoms with Crippen molar-refractivity contribution in [1.82, 2.24) is 0 Å². The number of alkyl halides is 4. The van der Waals surface area contributed by atoms with Crippen LogP contribution in [0, 0.1) is 5.82 Å². The van der Waals surface area contributed by atoms with E-state index in [2.05, 4.69) is 15.9 Å². The van der Waals surface area contributed by atoms with E-state index in [1.54, 1.807) is 12.1 Å². The summed E-state index contributed by atoms with van der Waals surface area (Å²) in [6, 6.07) is 6.31. The van der Waals surface area contributed by atoms with Crippen LogP contribution in [0.4, 0.5) is 17.6 Å². The SMILES string of the molecule is Fc1ccc(C(Br)c2ccc(Cl)s2)cc1C(F)(F)F. The Hall–Kier alpha value is -0.590. The van der Waals surface area contributed by atoms with E-state index in [0.717, 1.165) is 17.0 Å². The first-order valence-corrected chi connectivity index (χ1v) is 7.16. The number of thiophene rings is 1. The fourth-order valence-electron chi connectivity index (χ4n) is 1.55. The minimum absolute atomic E-state index is 0.326. The molecular formula is C12H6BrClF4S. The maximum Gasteiger partial charge on any atom is 0.419 e. The molecule has 102 valence electrons. The number of hydrogen-bond donors (Lipinski definition) is 0. The van der Waals surface area contributed by atoms with Gasteiger partial charge < -0.3 is 0 Å². The minimum atomic E-state index is -4.71.